The normalized spacial score (nSPS) is 12.0. The lowest BCUT2D eigenvalue weighted by atomic mass is 9.97. The van der Waals surface area contributed by atoms with Crippen LogP contribution in [0.25, 0.3) is 10.9 Å². The van der Waals surface area contributed by atoms with E-state index < -0.39 is 0 Å². The number of fused-ring (bicyclic) bond motifs is 1. The third kappa shape index (κ3) is 3.46. The number of hydrogen-bond donors (Lipinski definition) is 2. The van der Waals surface area contributed by atoms with Crippen LogP contribution < -0.4 is 15.0 Å². The molecular weight excluding hydrogens is 330 g/mol. The highest BCUT2D eigenvalue weighted by atomic mass is 16.5. The van der Waals surface area contributed by atoms with Gasteiger partial charge in [0.1, 0.15) is 12.0 Å². The van der Waals surface area contributed by atoms with E-state index >= 15 is 0 Å². The molecule has 0 fully saturated rings. The van der Waals surface area contributed by atoms with Gasteiger partial charge in [-0.25, -0.2) is 4.98 Å². The van der Waals surface area contributed by atoms with Crippen molar-refractivity contribution >= 4 is 28.3 Å². The van der Waals surface area contributed by atoms with Crippen molar-refractivity contribution in [3.05, 3.63) is 42.4 Å². The van der Waals surface area contributed by atoms with Gasteiger partial charge < -0.3 is 19.9 Å². The molecule has 1 amide bonds. The van der Waals surface area contributed by atoms with Crippen molar-refractivity contribution in [1.29, 1.82) is 0 Å². The summed E-state index contributed by atoms with van der Waals surface area (Å²) >= 11 is 0. The minimum absolute atomic E-state index is 0.0598. The first-order chi connectivity index (χ1) is 12.5. The van der Waals surface area contributed by atoms with Crippen LogP contribution in [-0.2, 0) is 4.79 Å². The van der Waals surface area contributed by atoms with Gasteiger partial charge in [0.25, 0.3) is 0 Å². The summed E-state index contributed by atoms with van der Waals surface area (Å²) in [6.45, 7) is 2.04. The van der Waals surface area contributed by atoms with Gasteiger partial charge in [-0.2, -0.15) is 4.98 Å². The molecule has 2 N–H and O–H groups in total. The number of aromatic amines is 1. The molecule has 0 aliphatic rings. The third-order valence-electron chi connectivity index (χ3n) is 4.32. The maximum atomic E-state index is 12.6. The quantitative estimate of drug-likeness (QED) is 0.711. The zero-order valence-corrected chi connectivity index (χ0v) is 15.4. The van der Waals surface area contributed by atoms with Crippen molar-refractivity contribution in [2.45, 2.75) is 19.3 Å². The number of anilines is 2. The molecule has 1 aromatic carbocycles. The average molecular weight is 353 g/mol. The number of ether oxygens (including phenoxy) is 1. The molecule has 0 saturated heterocycles. The topological polar surface area (TPSA) is 83.1 Å². The van der Waals surface area contributed by atoms with Crippen molar-refractivity contribution in [2.75, 3.05) is 31.4 Å². The second-order valence-corrected chi connectivity index (χ2v) is 6.42. The van der Waals surface area contributed by atoms with Gasteiger partial charge in [0.2, 0.25) is 11.8 Å². The summed E-state index contributed by atoms with van der Waals surface area (Å²) in [6, 6.07) is 8.08. The molecule has 26 heavy (non-hydrogen) atoms. The monoisotopic (exact) mass is 353 g/mol. The molecule has 0 bridgehead atoms. The number of hydrogen-bond acceptors (Lipinski definition) is 5. The number of methoxy groups -OCH3 is 1. The SMILES string of the molecule is COc1ncnc(N(C)C)c1NC(=O)C[C@H](C)c1c[nH]c2ccccc12. The standard InChI is InChI=1S/C19H23N5O2/c1-12(14-10-20-15-8-6-5-7-13(14)15)9-16(25)23-17-18(24(2)3)21-11-22-19(17)26-4/h5-8,10-12,20H,9H2,1-4H3,(H,23,25)/t12-/m0/s1. The van der Waals surface area contributed by atoms with Gasteiger partial charge in [0.15, 0.2) is 5.82 Å². The van der Waals surface area contributed by atoms with Crippen LogP contribution in [0.5, 0.6) is 5.88 Å². The van der Waals surface area contributed by atoms with Crippen LogP contribution in [0.1, 0.15) is 24.8 Å². The predicted octanol–water partition coefficient (Wildman–Crippen LogP) is 3.16. The number of nitrogens with one attached hydrogen (secondary N) is 2. The Balaban J connectivity index is 1.79. The summed E-state index contributed by atoms with van der Waals surface area (Å²) in [7, 11) is 5.23. The van der Waals surface area contributed by atoms with Gasteiger partial charge in [-0.3, -0.25) is 4.79 Å². The van der Waals surface area contributed by atoms with E-state index in [4.69, 9.17) is 4.74 Å². The van der Waals surface area contributed by atoms with Gasteiger partial charge in [-0.15, -0.1) is 0 Å². The van der Waals surface area contributed by atoms with E-state index in [-0.39, 0.29) is 11.8 Å². The maximum absolute atomic E-state index is 12.6. The Morgan fingerprint density at radius 2 is 2.08 bits per heavy atom. The van der Waals surface area contributed by atoms with Crippen molar-refractivity contribution in [3.63, 3.8) is 0 Å². The Morgan fingerprint density at radius 3 is 2.81 bits per heavy atom. The smallest absolute Gasteiger partial charge is 0.242 e. The lowest BCUT2D eigenvalue weighted by Crippen LogP contribution is -2.20. The van der Waals surface area contributed by atoms with E-state index in [1.54, 1.807) is 0 Å². The lowest BCUT2D eigenvalue weighted by Gasteiger charge is -2.18. The Bertz CT molecular complexity index is 919. The van der Waals surface area contributed by atoms with Gasteiger partial charge in [0, 0.05) is 37.6 Å². The number of rotatable bonds is 6. The minimum Gasteiger partial charge on any atom is -0.479 e. The molecule has 0 aliphatic heterocycles. The molecule has 0 aliphatic carbocycles. The average Bonchev–Trinajstić information content (AvgIpc) is 3.05. The van der Waals surface area contributed by atoms with Crippen molar-refractivity contribution in [3.8, 4) is 5.88 Å². The predicted molar refractivity (Wildman–Crippen MR) is 103 cm³/mol. The summed E-state index contributed by atoms with van der Waals surface area (Å²) in [5, 5.41) is 4.05. The molecule has 0 spiro atoms. The first-order valence-corrected chi connectivity index (χ1v) is 8.43. The molecule has 0 unspecified atom stereocenters. The summed E-state index contributed by atoms with van der Waals surface area (Å²) in [6.07, 6.45) is 3.73. The Labute approximate surface area is 152 Å². The highest BCUT2D eigenvalue weighted by Gasteiger charge is 2.19. The molecule has 2 heterocycles. The summed E-state index contributed by atoms with van der Waals surface area (Å²) < 4.78 is 5.27. The number of para-hydroxylation sites is 1. The highest BCUT2D eigenvalue weighted by molar-refractivity contribution is 5.96. The van der Waals surface area contributed by atoms with Gasteiger partial charge in [-0.1, -0.05) is 25.1 Å². The Hall–Kier alpha value is -3.09. The molecule has 136 valence electrons. The molecule has 0 radical (unpaired) electrons. The zero-order chi connectivity index (χ0) is 18.7. The maximum Gasteiger partial charge on any atom is 0.242 e. The van der Waals surface area contributed by atoms with E-state index in [1.807, 2.05) is 50.3 Å². The summed E-state index contributed by atoms with van der Waals surface area (Å²) in [5.41, 5.74) is 2.68. The van der Waals surface area contributed by atoms with Crippen LogP contribution in [0, 0.1) is 0 Å². The molecule has 3 rings (SSSR count). The number of aromatic nitrogens is 3. The lowest BCUT2D eigenvalue weighted by molar-refractivity contribution is -0.116. The molecule has 1 atom stereocenters. The molecular formula is C19H23N5O2. The van der Waals surface area contributed by atoms with E-state index in [9.17, 15) is 4.79 Å². The van der Waals surface area contributed by atoms with Crippen LogP contribution in [0.3, 0.4) is 0 Å². The number of H-pyrrole nitrogens is 1. The van der Waals surface area contributed by atoms with E-state index in [2.05, 4.69) is 26.3 Å². The fourth-order valence-electron chi connectivity index (χ4n) is 3.04. The number of nitrogens with zero attached hydrogens (tertiary/aromatic N) is 3. The van der Waals surface area contributed by atoms with Crippen LogP contribution in [0.4, 0.5) is 11.5 Å². The fraction of sp³-hybridized carbons (Fsp3) is 0.316. The van der Waals surface area contributed by atoms with Gasteiger partial charge in [-0.05, 0) is 17.5 Å². The third-order valence-corrected chi connectivity index (χ3v) is 4.32. The summed E-state index contributed by atoms with van der Waals surface area (Å²) in [5.74, 6) is 0.894. The minimum atomic E-state index is -0.112. The molecule has 3 aromatic rings. The van der Waals surface area contributed by atoms with Crippen molar-refractivity contribution in [1.82, 2.24) is 15.0 Å². The van der Waals surface area contributed by atoms with Gasteiger partial charge >= 0.3 is 0 Å². The molecule has 7 heteroatoms. The van der Waals surface area contributed by atoms with Crippen LogP contribution in [0.15, 0.2) is 36.8 Å². The van der Waals surface area contributed by atoms with Gasteiger partial charge in [0.05, 0.1) is 7.11 Å². The van der Waals surface area contributed by atoms with E-state index in [1.165, 1.54) is 13.4 Å². The van der Waals surface area contributed by atoms with Crippen LogP contribution in [0.2, 0.25) is 0 Å². The number of carbonyl (C=O) groups excluding carboxylic acids is 1. The fourth-order valence-corrected chi connectivity index (χ4v) is 3.04. The number of carbonyl (C=O) groups is 1. The molecule has 2 aromatic heterocycles. The highest BCUT2D eigenvalue weighted by Crippen LogP contribution is 2.32. The van der Waals surface area contributed by atoms with Crippen LogP contribution >= 0.6 is 0 Å². The zero-order valence-electron chi connectivity index (χ0n) is 15.4. The number of benzene rings is 1. The molecule has 7 nitrogen and oxygen atoms in total. The Kier molecular flexibility index (Phi) is 5.06. The second kappa shape index (κ2) is 7.43. The largest absolute Gasteiger partial charge is 0.479 e. The number of amides is 1. The Morgan fingerprint density at radius 1 is 1.31 bits per heavy atom. The van der Waals surface area contributed by atoms with Crippen LogP contribution in [-0.4, -0.2) is 42.1 Å². The summed E-state index contributed by atoms with van der Waals surface area (Å²) in [4.78, 5) is 26.0. The van der Waals surface area contributed by atoms with E-state index in [0.29, 0.717) is 23.8 Å². The van der Waals surface area contributed by atoms with E-state index in [0.717, 1.165) is 16.5 Å². The van der Waals surface area contributed by atoms with Crippen molar-refractivity contribution in [2.24, 2.45) is 0 Å². The second-order valence-electron chi connectivity index (χ2n) is 6.42. The first kappa shape index (κ1) is 17.7. The molecule has 0 saturated carbocycles. The van der Waals surface area contributed by atoms with Crippen molar-refractivity contribution < 1.29 is 9.53 Å². The first-order valence-electron chi connectivity index (χ1n) is 8.43.